The lowest BCUT2D eigenvalue weighted by Crippen LogP contribution is -2.29. The molecule has 0 bridgehead atoms. The molecule has 0 saturated carbocycles. The summed E-state index contributed by atoms with van der Waals surface area (Å²) in [6.07, 6.45) is 0. The summed E-state index contributed by atoms with van der Waals surface area (Å²) in [5.74, 6) is -0.779. The number of hydrogen-bond acceptors (Lipinski definition) is 8. The molecule has 0 aliphatic carbocycles. The van der Waals surface area contributed by atoms with Gasteiger partial charge in [0.2, 0.25) is 5.75 Å². The maximum absolute atomic E-state index is 13.6. The zero-order valence-corrected chi connectivity index (χ0v) is 23.1. The van der Waals surface area contributed by atoms with Crippen LogP contribution in [-0.2, 0) is 9.59 Å². The Balaban J connectivity index is 2.07. The number of amides is 1. The summed E-state index contributed by atoms with van der Waals surface area (Å²) in [4.78, 5) is 28.5. The number of hydrogen-bond donors (Lipinski definition) is 1. The van der Waals surface area contributed by atoms with Crippen molar-refractivity contribution in [1.82, 2.24) is 0 Å². The minimum atomic E-state index is -1.06. The number of ketones is 1. The first-order chi connectivity index (χ1) is 18.7. The molecule has 0 spiro atoms. The van der Waals surface area contributed by atoms with Gasteiger partial charge in [-0.1, -0.05) is 23.7 Å². The summed E-state index contributed by atoms with van der Waals surface area (Å²) in [5.41, 5.74) is 1.74. The first kappa shape index (κ1) is 27.7. The van der Waals surface area contributed by atoms with Crippen LogP contribution >= 0.6 is 11.6 Å². The van der Waals surface area contributed by atoms with Gasteiger partial charge in [0.15, 0.2) is 11.5 Å². The van der Waals surface area contributed by atoms with Gasteiger partial charge in [0.05, 0.1) is 57.8 Å². The predicted molar refractivity (Wildman–Crippen MR) is 147 cm³/mol. The third-order valence-electron chi connectivity index (χ3n) is 6.46. The first-order valence-electron chi connectivity index (χ1n) is 11.8. The molecule has 1 heterocycles. The third-order valence-corrected chi connectivity index (χ3v) is 6.75. The Hall–Kier alpha value is -4.37. The minimum Gasteiger partial charge on any atom is -0.507 e. The van der Waals surface area contributed by atoms with Gasteiger partial charge < -0.3 is 28.8 Å². The molecule has 1 N–H and O–H groups in total. The number of ether oxygens (including phenoxy) is 5. The van der Waals surface area contributed by atoms with Gasteiger partial charge in [-0.15, -0.1) is 0 Å². The van der Waals surface area contributed by atoms with Crippen molar-refractivity contribution in [3.63, 3.8) is 0 Å². The van der Waals surface area contributed by atoms with Crippen LogP contribution in [0.1, 0.15) is 22.7 Å². The Morgan fingerprint density at radius 2 is 1.44 bits per heavy atom. The van der Waals surface area contributed by atoms with Crippen molar-refractivity contribution in [3.8, 4) is 28.7 Å². The maximum atomic E-state index is 13.6. The number of carbonyl (C=O) groups excluding carboxylic acids is 2. The van der Waals surface area contributed by atoms with Crippen molar-refractivity contribution in [1.29, 1.82) is 0 Å². The molecule has 1 atom stereocenters. The van der Waals surface area contributed by atoms with Gasteiger partial charge in [-0.05, 0) is 48.4 Å². The number of nitrogens with zero attached hydrogens (tertiary/aromatic N) is 1. The fourth-order valence-electron chi connectivity index (χ4n) is 4.64. The van der Waals surface area contributed by atoms with Crippen molar-refractivity contribution in [2.24, 2.45) is 0 Å². The molecule has 10 heteroatoms. The van der Waals surface area contributed by atoms with Crippen molar-refractivity contribution < 1.29 is 38.4 Å². The topological polar surface area (TPSA) is 104 Å². The van der Waals surface area contributed by atoms with E-state index in [4.69, 9.17) is 35.3 Å². The highest BCUT2D eigenvalue weighted by atomic mass is 35.5. The van der Waals surface area contributed by atoms with Crippen LogP contribution in [0.5, 0.6) is 28.7 Å². The number of methoxy groups -OCH3 is 5. The summed E-state index contributed by atoms with van der Waals surface area (Å²) in [7, 11) is 7.22. The highest BCUT2D eigenvalue weighted by molar-refractivity contribution is 6.51. The van der Waals surface area contributed by atoms with Crippen molar-refractivity contribution in [3.05, 3.63) is 75.8 Å². The first-order valence-corrected chi connectivity index (χ1v) is 12.2. The second-order valence-corrected chi connectivity index (χ2v) is 9.06. The van der Waals surface area contributed by atoms with E-state index >= 15 is 0 Å². The van der Waals surface area contributed by atoms with Crippen LogP contribution in [0.15, 0.2) is 54.1 Å². The maximum Gasteiger partial charge on any atom is 0.300 e. The van der Waals surface area contributed by atoms with Crippen LogP contribution in [0.4, 0.5) is 5.69 Å². The van der Waals surface area contributed by atoms with Gasteiger partial charge in [0.25, 0.3) is 11.7 Å². The van der Waals surface area contributed by atoms with E-state index in [0.717, 1.165) is 5.56 Å². The number of halogens is 1. The molecule has 1 aliphatic heterocycles. The number of aliphatic hydroxyl groups is 1. The molecule has 0 aromatic heterocycles. The molecule has 204 valence electrons. The van der Waals surface area contributed by atoms with E-state index in [2.05, 4.69) is 0 Å². The molecule has 4 rings (SSSR count). The molecule has 3 aromatic rings. The third kappa shape index (κ3) is 4.81. The zero-order valence-electron chi connectivity index (χ0n) is 22.3. The number of anilines is 1. The van der Waals surface area contributed by atoms with E-state index in [0.29, 0.717) is 28.5 Å². The standard InChI is InChI=1S/C29H28ClNO8/c1-15-8-7-9-17(10-15)31-25(16-11-22(37-4)28(39-6)23(12-16)38-5)24(27(33)29(31)34)26(32)18-13-21(36-3)19(30)14-20(18)35-2/h7-14,25,32H,1-6H3/b26-24+. The molecule has 3 aromatic carbocycles. The number of carbonyl (C=O) groups is 2. The quantitative estimate of drug-likeness (QED) is 0.227. The minimum absolute atomic E-state index is 0.124. The number of aryl methyl sites for hydroxylation is 1. The molecule has 1 unspecified atom stereocenters. The lowest BCUT2D eigenvalue weighted by Gasteiger charge is -2.27. The van der Waals surface area contributed by atoms with Gasteiger partial charge in [0, 0.05) is 11.8 Å². The van der Waals surface area contributed by atoms with Crippen LogP contribution < -0.4 is 28.6 Å². The Morgan fingerprint density at radius 3 is 1.97 bits per heavy atom. The van der Waals surface area contributed by atoms with Crippen molar-refractivity contribution >= 4 is 34.7 Å². The average Bonchev–Trinajstić information content (AvgIpc) is 3.21. The molecule has 1 fully saturated rings. The summed E-state index contributed by atoms with van der Waals surface area (Å²) in [6, 6.07) is 12.3. The second-order valence-electron chi connectivity index (χ2n) is 8.65. The summed E-state index contributed by atoms with van der Waals surface area (Å²) in [6.45, 7) is 1.87. The second kappa shape index (κ2) is 11.2. The molecule has 1 aliphatic rings. The number of Topliss-reactive ketones (excluding diaryl/α,β-unsaturated/α-hetero) is 1. The molecule has 0 radical (unpaired) electrons. The largest absolute Gasteiger partial charge is 0.507 e. The lowest BCUT2D eigenvalue weighted by atomic mass is 9.94. The van der Waals surface area contributed by atoms with E-state index in [-0.39, 0.29) is 27.7 Å². The van der Waals surface area contributed by atoms with Crippen LogP contribution in [-0.4, -0.2) is 52.3 Å². The van der Waals surface area contributed by atoms with E-state index in [1.807, 2.05) is 13.0 Å². The van der Waals surface area contributed by atoms with Crippen LogP contribution in [0.25, 0.3) is 5.76 Å². The number of benzene rings is 3. The highest BCUT2D eigenvalue weighted by Gasteiger charge is 2.48. The van der Waals surface area contributed by atoms with Gasteiger partial charge >= 0.3 is 0 Å². The Labute approximate surface area is 231 Å². The molecule has 1 saturated heterocycles. The monoisotopic (exact) mass is 553 g/mol. The molecular weight excluding hydrogens is 526 g/mol. The Kier molecular flexibility index (Phi) is 7.92. The van der Waals surface area contributed by atoms with Gasteiger partial charge in [-0.25, -0.2) is 0 Å². The highest BCUT2D eigenvalue weighted by Crippen LogP contribution is 2.48. The average molecular weight is 554 g/mol. The fourth-order valence-corrected chi connectivity index (χ4v) is 4.87. The Morgan fingerprint density at radius 1 is 0.821 bits per heavy atom. The molecular formula is C29H28ClNO8. The van der Waals surface area contributed by atoms with Crippen LogP contribution in [0, 0.1) is 6.92 Å². The normalized spacial score (nSPS) is 16.3. The van der Waals surface area contributed by atoms with Crippen LogP contribution in [0.2, 0.25) is 5.02 Å². The molecule has 1 amide bonds. The van der Waals surface area contributed by atoms with Gasteiger partial charge in [-0.3, -0.25) is 14.5 Å². The number of aliphatic hydroxyl groups excluding tert-OH is 1. The van der Waals surface area contributed by atoms with Crippen LogP contribution in [0.3, 0.4) is 0 Å². The lowest BCUT2D eigenvalue weighted by molar-refractivity contribution is -0.132. The summed E-state index contributed by atoms with van der Waals surface area (Å²) in [5, 5.41) is 11.9. The summed E-state index contributed by atoms with van der Waals surface area (Å²) < 4.78 is 27.3. The van der Waals surface area contributed by atoms with Gasteiger partial charge in [0.1, 0.15) is 17.3 Å². The number of rotatable bonds is 8. The fraction of sp³-hybridized carbons (Fsp3) is 0.241. The predicted octanol–water partition coefficient (Wildman–Crippen LogP) is 5.32. The van der Waals surface area contributed by atoms with Gasteiger partial charge in [-0.2, -0.15) is 0 Å². The van der Waals surface area contributed by atoms with Crippen molar-refractivity contribution in [2.75, 3.05) is 40.4 Å². The van der Waals surface area contributed by atoms with Crippen molar-refractivity contribution in [2.45, 2.75) is 13.0 Å². The Bertz CT molecular complexity index is 1460. The molecule has 9 nitrogen and oxygen atoms in total. The van der Waals surface area contributed by atoms with E-state index < -0.39 is 23.5 Å². The molecule has 39 heavy (non-hydrogen) atoms. The summed E-state index contributed by atoms with van der Waals surface area (Å²) >= 11 is 6.26. The van der Waals surface area contributed by atoms with E-state index in [1.165, 1.54) is 52.6 Å². The smallest absolute Gasteiger partial charge is 0.300 e. The zero-order chi connectivity index (χ0) is 28.4. The van der Waals surface area contributed by atoms with E-state index in [1.54, 1.807) is 30.3 Å². The SMILES string of the molecule is COc1cc(/C(O)=C2\C(=O)C(=O)N(c3cccc(C)c3)C2c2cc(OC)c(OC)c(OC)c2)c(OC)cc1Cl. The van der Waals surface area contributed by atoms with E-state index in [9.17, 15) is 14.7 Å².